The number of esters is 1. The Morgan fingerprint density at radius 2 is 2.00 bits per heavy atom. The first-order valence-corrected chi connectivity index (χ1v) is 7.56. The van der Waals surface area contributed by atoms with Crippen molar-refractivity contribution in [2.24, 2.45) is 0 Å². The molecular formula is C10H20O5Si. The van der Waals surface area contributed by atoms with Crippen molar-refractivity contribution >= 4 is 14.8 Å². The van der Waals surface area contributed by atoms with Crippen molar-refractivity contribution in [3.63, 3.8) is 0 Å². The number of hydrogen-bond donors (Lipinski definition) is 0. The van der Waals surface area contributed by atoms with E-state index in [4.69, 9.17) is 18.0 Å². The normalized spacial score (nSPS) is 19.0. The molecule has 0 amide bonds. The van der Waals surface area contributed by atoms with Crippen LogP contribution in [0.25, 0.3) is 0 Å². The SMILES string of the molecule is CC(=O)OCCC[Si]1(OC(C)C)OCCO1. The summed E-state index contributed by atoms with van der Waals surface area (Å²) in [6.07, 6.45) is 0.817. The highest BCUT2D eigenvalue weighted by molar-refractivity contribution is 6.61. The summed E-state index contributed by atoms with van der Waals surface area (Å²) >= 11 is 0. The van der Waals surface area contributed by atoms with Gasteiger partial charge in [0.05, 0.1) is 19.8 Å². The van der Waals surface area contributed by atoms with E-state index in [1.807, 2.05) is 13.8 Å². The standard InChI is InChI=1S/C10H20O5Si/c1-9(2)15-16(13-6-7-14-16)8-4-5-12-10(3)11/h9H,4-8H2,1-3H3. The molecule has 0 unspecified atom stereocenters. The fraction of sp³-hybridized carbons (Fsp3) is 0.900. The van der Waals surface area contributed by atoms with Gasteiger partial charge in [-0.15, -0.1) is 0 Å². The number of ether oxygens (including phenoxy) is 1. The maximum absolute atomic E-state index is 10.6. The lowest BCUT2D eigenvalue weighted by Crippen LogP contribution is -2.43. The van der Waals surface area contributed by atoms with Gasteiger partial charge in [0.1, 0.15) is 0 Å². The molecule has 0 spiro atoms. The largest absolute Gasteiger partial charge is 0.501 e. The predicted octanol–water partition coefficient (Wildman–Crippen LogP) is 1.35. The van der Waals surface area contributed by atoms with Crippen LogP contribution in [0.4, 0.5) is 0 Å². The van der Waals surface area contributed by atoms with Gasteiger partial charge >= 0.3 is 14.8 Å². The van der Waals surface area contributed by atoms with E-state index < -0.39 is 8.80 Å². The van der Waals surface area contributed by atoms with Gasteiger partial charge in [-0.3, -0.25) is 4.79 Å². The Bertz CT molecular complexity index is 225. The highest BCUT2D eigenvalue weighted by Gasteiger charge is 2.45. The molecule has 1 saturated heterocycles. The van der Waals surface area contributed by atoms with E-state index in [1.54, 1.807) is 0 Å². The van der Waals surface area contributed by atoms with Crippen LogP contribution in [0.15, 0.2) is 0 Å². The second kappa shape index (κ2) is 6.34. The lowest BCUT2D eigenvalue weighted by Gasteiger charge is -2.25. The minimum absolute atomic E-state index is 0.0958. The average molecular weight is 248 g/mol. The van der Waals surface area contributed by atoms with Crippen molar-refractivity contribution in [3.05, 3.63) is 0 Å². The molecule has 1 heterocycles. The quantitative estimate of drug-likeness (QED) is 0.403. The number of carbonyl (C=O) groups is 1. The fourth-order valence-electron chi connectivity index (χ4n) is 1.57. The Labute approximate surface area is 97.4 Å². The number of rotatable bonds is 6. The molecule has 1 aliphatic rings. The van der Waals surface area contributed by atoms with E-state index in [9.17, 15) is 4.79 Å². The van der Waals surface area contributed by atoms with Crippen molar-refractivity contribution in [1.82, 2.24) is 0 Å². The molecule has 0 N–H and O–H groups in total. The molecule has 0 aromatic rings. The molecule has 0 aromatic heterocycles. The summed E-state index contributed by atoms with van der Waals surface area (Å²) in [6, 6.07) is 0.707. The summed E-state index contributed by atoms with van der Waals surface area (Å²) in [5.74, 6) is -0.256. The van der Waals surface area contributed by atoms with Crippen LogP contribution in [-0.4, -0.2) is 40.7 Å². The first kappa shape index (κ1) is 13.6. The zero-order chi connectivity index (χ0) is 12.0. The van der Waals surface area contributed by atoms with Crippen LogP contribution in [0.1, 0.15) is 27.2 Å². The molecule has 0 aromatic carbocycles. The van der Waals surface area contributed by atoms with Crippen LogP contribution in [0.5, 0.6) is 0 Å². The molecule has 0 saturated carbocycles. The molecule has 94 valence electrons. The lowest BCUT2D eigenvalue weighted by atomic mass is 10.5. The molecule has 0 atom stereocenters. The third kappa shape index (κ3) is 4.61. The third-order valence-corrected chi connectivity index (χ3v) is 5.16. The molecule has 0 radical (unpaired) electrons. The van der Waals surface area contributed by atoms with Gasteiger partial charge in [-0.2, -0.15) is 0 Å². The van der Waals surface area contributed by atoms with Gasteiger partial charge in [-0.1, -0.05) is 0 Å². The van der Waals surface area contributed by atoms with Gasteiger partial charge in [-0.25, -0.2) is 0 Å². The highest BCUT2D eigenvalue weighted by Crippen LogP contribution is 2.23. The topological polar surface area (TPSA) is 54.0 Å². The zero-order valence-corrected chi connectivity index (χ0v) is 11.2. The van der Waals surface area contributed by atoms with E-state index in [-0.39, 0.29) is 12.1 Å². The van der Waals surface area contributed by atoms with E-state index in [2.05, 4.69) is 0 Å². The van der Waals surface area contributed by atoms with Crippen LogP contribution in [0.2, 0.25) is 6.04 Å². The summed E-state index contributed by atoms with van der Waals surface area (Å²) in [6.45, 7) is 6.94. The number of hydrogen-bond acceptors (Lipinski definition) is 5. The summed E-state index contributed by atoms with van der Waals surface area (Å²) in [5, 5.41) is 0. The van der Waals surface area contributed by atoms with Gasteiger partial charge in [0.2, 0.25) is 0 Å². The second-order valence-corrected chi connectivity index (χ2v) is 6.67. The summed E-state index contributed by atoms with van der Waals surface area (Å²) in [4.78, 5) is 10.6. The zero-order valence-electron chi connectivity index (χ0n) is 10.2. The smallest absolute Gasteiger partial charge is 0.466 e. The molecule has 0 aliphatic carbocycles. The molecule has 6 heteroatoms. The average Bonchev–Trinajstić information content (AvgIpc) is 2.60. The molecule has 1 rings (SSSR count). The van der Waals surface area contributed by atoms with E-state index >= 15 is 0 Å². The van der Waals surface area contributed by atoms with Crippen LogP contribution in [0.3, 0.4) is 0 Å². The Morgan fingerprint density at radius 3 is 2.50 bits per heavy atom. The van der Waals surface area contributed by atoms with Gasteiger partial charge in [-0.05, 0) is 20.3 Å². The Kier molecular flexibility index (Phi) is 5.40. The van der Waals surface area contributed by atoms with Crippen molar-refractivity contribution in [1.29, 1.82) is 0 Å². The minimum Gasteiger partial charge on any atom is -0.466 e. The Hall–Kier alpha value is -0.433. The van der Waals surface area contributed by atoms with Crippen molar-refractivity contribution < 1.29 is 22.8 Å². The molecule has 0 bridgehead atoms. The van der Waals surface area contributed by atoms with Crippen LogP contribution in [-0.2, 0) is 22.8 Å². The van der Waals surface area contributed by atoms with Crippen molar-refractivity contribution in [2.45, 2.75) is 39.3 Å². The Balaban J connectivity index is 2.30. The molecule has 1 aliphatic heterocycles. The lowest BCUT2D eigenvalue weighted by molar-refractivity contribution is -0.141. The van der Waals surface area contributed by atoms with E-state index in [0.717, 1.165) is 6.42 Å². The molecule has 5 nitrogen and oxygen atoms in total. The van der Waals surface area contributed by atoms with Crippen molar-refractivity contribution in [2.75, 3.05) is 19.8 Å². The van der Waals surface area contributed by atoms with Crippen LogP contribution < -0.4 is 0 Å². The fourth-order valence-corrected chi connectivity index (χ4v) is 4.28. The maximum atomic E-state index is 10.6. The van der Waals surface area contributed by atoms with Gasteiger partial charge < -0.3 is 18.0 Å². The van der Waals surface area contributed by atoms with E-state index in [1.165, 1.54) is 6.92 Å². The predicted molar refractivity (Wildman–Crippen MR) is 59.9 cm³/mol. The number of carbonyl (C=O) groups excluding carboxylic acids is 1. The minimum atomic E-state index is -2.46. The monoisotopic (exact) mass is 248 g/mol. The third-order valence-electron chi connectivity index (χ3n) is 2.08. The Morgan fingerprint density at radius 1 is 1.38 bits per heavy atom. The summed E-state index contributed by atoms with van der Waals surface area (Å²) in [7, 11) is -2.46. The molecule has 1 fully saturated rings. The molecular weight excluding hydrogens is 228 g/mol. The first-order valence-electron chi connectivity index (χ1n) is 5.63. The highest BCUT2D eigenvalue weighted by atomic mass is 28.4. The summed E-state index contributed by atoms with van der Waals surface area (Å²) in [5.41, 5.74) is 0. The van der Waals surface area contributed by atoms with Gasteiger partial charge in [0.25, 0.3) is 0 Å². The van der Waals surface area contributed by atoms with Crippen LogP contribution in [0, 0.1) is 0 Å². The van der Waals surface area contributed by atoms with Crippen molar-refractivity contribution in [3.8, 4) is 0 Å². The summed E-state index contributed by atoms with van der Waals surface area (Å²) < 4.78 is 21.9. The second-order valence-electron chi connectivity index (χ2n) is 3.99. The van der Waals surface area contributed by atoms with Gasteiger partial charge in [0, 0.05) is 19.1 Å². The first-order chi connectivity index (χ1) is 7.54. The van der Waals surface area contributed by atoms with Gasteiger partial charge in [0.15, 0.2) is 0 Å². The van der Waals surface area contributed by atoms with Crippen LogP contribution >= 0.6 is 0 Å². The molecule has 16 heavy (non-hydrogen) atoms. The van der Waals surface area contributed by atoms with E-state index in [0.29, 0.717) is 25.9 Å². The maximum Gasteiger partial charge on any atom is 0.501 e.